The van der Waals surface area contributed by atoms with Crippen molar-refractivity contribution in [1.82, 2.24) is 14.9 Å². The largest absolute Gasteiger partial charge is 0.341 e. The van der Waals surface area contributed by atoms with E-state index < -0.39 is 0 Å². The first-order chi connectivity index (χ1) is 8.56. The molecule has 0 bridgehead atoms. The number of nitrogens with zero attached hydrogens (tertiary/aromatic N) is 5. The highest BCUT2D eigenvalue weighted by Gasteiger charge is 2.09. The summed E-state index contributed by atoms with van der Waals surface area (Å²) in [6.45, 7) is 6.76. The lowest BCUT2D eigenvalue weighted by molar-refractivity contribution is 0.400. The van der Waals surface area contributed by atoms with Crippen molar-refractivity contribution in [2.75, 3.05) is 38.6 Å². The zero-order chi connectivity index (χ0) is 13.5. The van der Waals surface area contributed by atoms with Gasteiger partial charge < -0.3 is 9.80 Å². The van der Waals surface area contributed by atoms with Gasteiger partial charge >= 0.3 is 0 Å². The highest BCUT2D eigenvalue weighted by molar-refractivity contribution is 5.35. The molecular formula is C13H21N5. The molecule has 0 aromatic carbocycles. The van der Waals surface area contributed by atoms with E-state index in [1.807, 2.05) is 6.92 Å². The van der Waals surface area contributed by atoms with Gasteiger partial charge in [0.2, 0.25) is 5.95 Å². The Kier molecular flexibility index (Phi) is 5.53. The van der Waals surface area contributed by atoms with E-state index in [0.717, 1.165) is 31.7 Å². The van der Waals surface area contributed by atoms with Crippen LogP contribution in [0.4, 0.5) is 5.95 Å². The number of anilines is 1. The van der Waals surface area contributed by atoms with E-state index in [4.69, 9.17) is 5.26 Å². The fraction of sp³-hybridized carbons (Fsp3) is 0.615. The summed E-state index contributed by atoms with van der Waals surface area (Å²) in [6, 6.07) is 3.78. The lowest BCUT2D eigenvalue weighted by Crippen LogP contribution is -2.28. The predicted octanol–water partition coefficient (Wildman–Crippen LogP) is 1.43. The minimum absolute atomic E-state index is 0.434. The summed E-state index contributed by atoms with van der Waals surface area (Å²) in [6.07, 6.45) is 1.06. The van der Waals surface area contributed by atoms with Crippen LogP contribution >= 0.6 is 0 Å². The summed E-state index contributed by atoms with van der Waals surface area (Å²) in [5.74, 6) is 0.660. The smallest absolute Gasteiger partial charge is 0.226 e. The highest BCUT2D eigenvalue weighted by Crippen LogP contribution is 2.10. The Balaban J connectivity index is 2.75. The van der Waals surface area contributed by atoms with Crippen LogP contribution in [0.25, 0.3) is 0 Å². The zero-order valence-corrected chi connectivity index (χ0v) is 11.6. The lowest BCUT2D eigenvalue weighted by Gasteiger charge is -2.22. The molecule has 0 spiro atoms. The van der Waals surface area contributed by atoms with Gasteiger partial charge in [-0.05, 0) is 47.0 Å². The van der Waals surface area contributed by atoms with Gasteiger partial charge in [0.15, 0.2) is 0 Å². The number of aryl methyl sites for hydroxylation is 1. The number of nitriles is 1. The Hall–Kier alpha value is -1.67. The van der Waals surface area contributed by atoms with Crippen LogP contribution in [0.15, 0.2) is 6.07 Å². The minimum Gasteiger partial charge on any atom is -0.341 e. The summed E-state index contributed by atoms with van der Waals surface area (Å²) in [4.78, 5) is 12.9. The van der Waals surface area contributed by atoms with Crippen molar-refractivity contribution in [2.45, 2.75) is 20.3 Å². The van der Waals surface area contributed by atoms with Crippen molar-refractivity contribution in [3.8, 4) is 6.07 Å². The average Bonchev–Trinajstić information content (AvgIpc) is 2.33. The normalized spacial score (nSPS) is 10.4. The van der Waals surface area contributed by atoms with E-state index in [1.54, 1.807) is 6.07 Å². The molecule has 98 valence electrons. The maximum absolute atomic E-state index is 8.92. The molecule has 0 atom stereocenters. The molecule has 1 rings (SSSR count). The van der Waals surface area contributed by atoms with Gasteiger partial charge in [-0.2, -0.15) is 5.26 Å². The van der Waals surface area contributed by atoms with Crippen LogP contribution in [0.5, 0.6) is 0 Å². The molecule has 1 aromatic rings. The number of rotatable bonds is 6. The van der Waals surface area contributed by atoms with E-state index in [1.165, 1.54) is 0 Å². The molecule has 5 heteroatoms. The molecule has 0 fully saturated rings. The Morgan fingerprint density at radius 2 is 2.00 bits per heavy atom. The van der Waals surface area contributed by atoms with E-state index in [9.17, 15) is 0 Å². The van der Waals surface area contributed by atoms with Gasteiger partial charge in [0, 0.05) is 18.8 Å². The summed E-state index contributed by atoms with van der Waals surface area (Å²) < 4.78 is 0. The summed E-state index contributed by atoms with van der Waals surface area (Å²) in [5, 5.41) is 8.92. The average molecular weight is 247 g/mol. The first kappa shape index (κ1) is 14.4. The van der Waals surface area contributed by atoms with Gasteiger partial charge in [-0.25, -0.2) is 9.97 Å². The van der Waals surface area contributed by atoms with Gasteiger partial charge in [0.05, 0.1) is 0 Å². The summed E-state index contributed by atoms with van der Waals surface area (Å²) in [7, 11) is 4.13. The van der Waals surface area contributed by atoms with Crippen molar-refractivity contribution < 1.29 is 0 Å². The topological polar surface area (TPSA) is 56.0 Å². The van der Waals surface area contributed by atoms with Crippen LogP contribution in [0.2, 0.25) is 0 Å². The third-order valence-electron chi connectivity index (χ3n) is 2.65. The van der Waals surface area contributed by atoms with Crippen molar-refractivity contribution >= 4 is 5.95 Å². The van der Waals surface area contributed by atoms with Crippen LogP contribution in [0.1, 0.15) is 24.7 Å². The Labute approximate surface area is 109 Å². The zero-order valence-electron chi connectivity index (χ0n) is 11.6. The van der Waals surface area contributed by atoms with Crippen LogP contribution in [-0.4, -0.2) is 48.6 Å². The van der Waals surface area contributed by atoms with E-state index in [2.05, 4.69) is 46.9 Å². The minimum atomic E-state index is 0.434. The summed E-state index contributed by atoms with van der Waals surface area (Å²) >= 11 is 0. The first-order valence-electron chi connectivity index (χ1n) is 6.22. The van der Waals surface area contributed by atoms with Gasteiger partial charge in [-0.1, -0.05) is 0 Å². The van der Waals surface area contributed by atoms with Crippen molar-refractivity contribution in [2.24, 2.45) is 0 Å². The van der Waals surface area contributed by atoms with Crippen LogP contribution in [-0.2, 0) is 0 Å². The van der Waals surface area contributed by atoms with Crippen molar-refractivity contribution in [1.29, 1.82) is 5.26 Å². The molecule has 0 aliphatic rings. The van der Waals surface area contributed by atoms with Crippen molar-refractivity contribution in [3.63, 3.8) is 0 Å². The Morgan fingerprint density at radius 1 is 1.28 bits per heavy atom. The Morgan fingerprint density at radius 3 is 2.56 bits per heavy atom. The van der Waals surface area contributed by atoms with Gasteiger partial charge in [0.1, 0.15) is 11.8 Å². The first-order valence-corrected chi connectivity index (χ1v) is 6.22. The second kappa shape index (κ2) is 6.92. The van der Waals surface area contributed by atoms with Gasteiger partial charge in [-0.3, -0.25) is 0 Å². The fourth-order valence-electron chi connectivity index (χ4n) is 1.73. The second-order valence-corrected chi connectivity index (χ2v) is 4.54. The monoisotopic (exact) mass is 247 g/mol. The second-order valence-electron chi connectivity index (χ2n) is 4.54. The third-order valence-corrected chi connectivity index (χ3v) is 2.65. The third kappa shape index (κ3) is 4.30. The van der Waals surface area contributed by atoms with Crippen LogP contribution in [0, 0.1) is 18.3 Å². The molecule has 0 unspecified atom stereocenters. The number of aromatic nitrogens is 2. The van der Waals surface area contributed by atoms with E-state index in [0.29, 0.717) is 11.6 Å². The molecule has 0 radical (unpaired) electrons. The summed E-state index contributed by atoms with van der Waals surface area (Å²) in [5.41, 5.74) is 1.27. The van der Waals surface area contributed by atoms with Crippen molar-refractivity contribution in [3.05, 3.63) is 17.5 Å². The maximum atomic E-state index is 8.92. The molecule has 0 aliphatic carbocycles. The molecule has 0 N–H and O–H groups in total. The molecule has 1 aromatic heterocycles. The van der Waals surface area contributed by atoms with Crippen LogP contribution in [0.3, 0.4) is 0 Å². The standard InChI is InChI=1S/C13H21N5/c1-5-18(8-6-7-17(3)4)13-15-11(2)9-12(10-14)16-13/h9H,5-8H2,1-4H3. The molecule has 5 nitrogen and oxygen atoms in total. The molecule has 18 heavy (non-hydrogen) atoms. The SMILES string of the molecule is CCN(CCCN(C)C)c1nc(C)cc(C#N)n1. The van der Waals surface area contributed by atoms with Gasteiger partial charge in [-0.15, -0.1) is 0 Å². The number of hydrogen-bond donors (Lipinski definition) is 0. The fourth-order valence-corrected chi connectivity index (χ4v) is 1.73. The van der Waals surface area contributed by atoms with E-state index in [-0.39, 0.29) is 0 Å². The molecule has 0 aliphatic heterocycles. The molecule has 0 saturated heterocycles. The maximum Gasteiger partial charge on any atom is 0.226 e. The Bertz CT molecular complexity index is 422. The molecule has 1 heterocycles. The van der Waals surface area contributed by atoms with Gasteiger partial charge in [0.25, 0.3) is 0 Å². The number of hydrogen-bond acceptors (Lipinski definition) is 5. The van der Waals surface area contributed by atoms with Crippen LogP contribution < -0.4 is 4.90 Å². The highest BCUT2D eigenvalue weighted by atomic mass is 15.2. The molecular weight excluding hydrogens is 226 g/mol. The molecule has 0 amide bonds. The lowest BCUT2D eigenvalue weighted by atomic mass is 10.3. The van der Waals surface area contributed by atoms with E-state index >= 15 is 0 Å². The predicted molar refractivity (Wildman–Crippen MR) is 72.5 cm³/mol. The quantitative estimate of drug-likeness (QED) is 0.761. The molecule has 0 saturated carbocycles.